The zero-order valence-corrected chi connectivity index (χ0v) is 21.8. The van der Waals surface area contributed by atoms with Gasteiger partial charge in [-0.05, 0) is 29.4 Å². The van der Waals surface area contributed by atoms with Crippen LogP contribution in [0.4, 0.5) is 0 Å². The molecule has 14 heteroatoms. The van der Waals surface area contributed by atoms with Crippen LogP contribution in [-0.4, -0.2) is 85.2 Å². The summed E-state index contributed by atoms with van der Waals surface area (Å²) in [5.74, 6) is -2.37. The predicted octanol–water partition coefficient (Wildman–Crippen LogP) is 0.105. The van der Waals surface area contributed by atoms with E-state index in [1.807, 2.05) is 24.3 Å². The Labute approximate surface area is 212 Å². The number of nitrogens with one attached hydrogen (secondary N) is 2. The minimum atomic E-state index is -4.26. The number of H-pyrrole nitrogens is 1. The van der Waals surface area contributed by atoms with Gasteiger partial charge < -0.3 is 36.0 Å². The summed E-state index contributed by atoms with van der Waals surface area (Å²) in [6, 6.07) is 6.28. The van der Waals surface area contributed by atoms with Crippen molar-refractivity contribution in [1.29, 1.82) is 0 Å². The van der Waals surface area contributed by atoms with Crippen molar-refractivity contribution in [3.63, 3.8) is 0 Å². The van der Waals surface area contributed by atoms with Crippen molar-refractivity contribution in [2.24, 2.45) is 11.1 Å². The second-order valence-corrected chi connectivity index (χ2v) is 12.8. The Kier molecular flexibility index (Phi) is 10.7. The smallest absolute Gasteiger partial charge is 0.384 e. The van der Waals surface area contributed by atoms with Gasteiger partial charge in [0, 0.05) is 47.8 Å². The number of aliphatic hydroxyl groups is 2. The number of carbonyl (C=O) groups excluding carboxylic acids is 3. The zero-order chi connectivity index (χ0) is 27.1. The lowest BCUT2D eigenvalue weighted by molar-refractivity contribution is -0.157. The molecule has 0 radical (unpaired) electrons. The van der Waals surface area contributed by atoms with Gasteiger partial charge in [0.05, 0.1) is 12.6 Å². The minimum Gasteiger partial charge on any atom is -0.396 e. The Balaban J connectivity index is 2.12. The fraction of sp³-hybridized carbons (Fsp3) is 0.500. The summed E-state index contributed by atoms with van der Waals surface area (Å²) >= 11 is 0.383. The number of nitrogens with two attached hydrogens (primary N) is 1. The zero-order valence-electron chi connectivity index (χ0n) is 20.1. The van der Waals surface area contributed by atoms with Crippen molar-refractivity contribution >= 4 is 46.8 Å². The van der Waals surface area contributed by atoms with Crippen molar-refractivity contribution in [3.8, 4) is 0 Å². The summed E-state index contributed by atoms with van der Waals surface area (Å²) < 4.78 is 10.9. The maximum absolute atomic E-state index is 13.2. The average molecular weight is 545 g/mol. The number of rotatable bonds is 13. The van der Waals surface area contributed by atoms with E-state index in [4.69, 9.17) is 15.5 Å². The van der Waals surface area contributed by atoms with Crippen LogP contribution < -0.4 is 11.1 Å². The lowest BCUT2D eigenvalue weighted by Crippen LogP contribution is -2.55. The molecular formula is C22H33N4O8PS. The van der Waals surface area contributed by atoms with E-state index < -0.39 is 48.7 Å². The Bertz CT molecular complexity index is 1120. The van der Waals surface area contributed by atoms with E-state index in [2.05, 4.69) is 10.3 Å². The maximum atomic E-state index is 13.2. The molecular weight excluding hydrogens is 511 g/mol. The molecule has 2 rings (SSSR count). The van der Waals surface area contributed by atoms with Crippen molar-refractivity contribution in [2.75, 3.05) is 25.4 Å². The number of amides is 3. The van der Waals surface area contributed by atoms with Crippen LogP contribution in [0, 0.1) is 5.41 Å². The van der Waals surface area contributed by atoms with Gasteiger partial charge in [-0.1, -0.05) is 32.0 Å². The summed E-state index contributed by atoms with van der Waals surface area (Å²) in [6.45, 7) is -2.29. The van der Waals surface area contributed by atoms with Gasteiger partial charge in [0.25, 0.3) is 5.91 Å². The topological polar surface area (TPSA) is 206 Å². The van der Waals surface area contributed by atoms with Gasteiger partial charge in [0.2, 0.25) is 11.8 Å². The highest BCUT2D eigenvalue weighted by atomic mass is 32.7. The molecule has 1 aromatic heterocycles. The monoisotopic (exact) mass is 544 g/mol. The number of benzene rings is 1. The number of hydrogen-bond donors (Lipinski definition) is 7. The first-order valence-electron chi connectivity index (χ1n) is 11.2. The molecule has 2 aromatic rings. The van der Waals surface area contributed by atoms with E-state index in [0.29, 0.717) is 11.4 Å². The van der Waals surface area contributed by atoms with Crippen LogP contribution >= 0.6 is 18.2 Å². The van der Waals surface area contributed by atoms with Crippen LogP contribution in [-0.2, 0) is 25.4 Å². The number of para-hydroxylation sites is 1. The number of hydrogen-bond acceptors (Lipinski definition) is 8. The largest absolute Gasteiger partial charge is 0.396 e. The first kappa shape index (κ1) is 30.0. The molecule has 0 aliphatic carbocycles. The van der Waals surface area contributed by atoms with Gasteiger partial charge in [0.15, 0.2) is 0 Å². The Hall–Kier alpha value is -2.25. The third kappa shape index (κ3) is 8.41. The molecule has 0 aliphatic rings. The number of carbonyl (C=O) groups is 3. The van der Waals surface area contributed by atoms with Crippen LogP contribution in [0.2, 0.25) is 0 Å². The first-order valence-corrected chi connectivity index (χ1v) is 14.4. The van der Waals surface area contributed by atoms with Crippen LogP contribution in [0.15, 0.2) is 30.5 Å². The number of aromatic amines is 1. The van der Waals surface area contributed by atoms with E-state index in [0.717, 1.165) is 21.4 Å². The lowest BCUT2D eigenvalue weighted by atomic mass is 9.86. The maximum Gasteiger partial charge on any atom is 0.384 e. The molecule has 8 N–H and O–H groups in total. The molecule has 0 saturated heterocycles. The van der Waals surface area contributed by atoms with E-state index in [1.54, 1.807) is 6.20 Å². The van der Waals surface area contributed by atoms with Crippen molar-refractivity contribution in [1.82, 2.24) is 15.2 Å². The standard InChI is InChI=1S/C22H33N4O8PS/c1-22(2,13-27)19(29)21(31)26(9-7-18(28)24-8-10-36-35(32,33)34)20(30)16(23)11-14-12-25-17-6-4-3-5-15(14)17/h3-6,12,16,19,25,27,29H,7-11,13,23H2,1-2H3,(H,24,28)(H2,32,33,34)/t16-,19+/m1/s1. The summed E-state index contributed by atoms with van der Waals surface area (Å²) in [5, 5.41) is 23.4. The number of imide groups is 1. The van der Waals surface area contributed by atoms with Gasteiger partial charge in [-0.15, -0.1) is 0 Å². The normalized spacial score (nSPS) is 13.9. The molecule has 200 valence electrons. The second kappa shape index (κ2) is 12.8. The van der Waals surface area contributed by atoms with Crippen LogP contribution in [0.1, 0.15) is 25.8 Å². The molecule has 0 saturated carbocycles. The van der Waals surface area contributed by atoms with Gasteiger partial charge in [-0.25, -0.2) is 4.57 Å². The Morgan fingerprint density at radius 2 is 1.89 bits per heavy atom. The van der Waals surface area contributed by atoms with Crippen molar-refractivity contribution in [3.05, 3.63) is 36.0 Å². The first-order chi connectivity index (χ1) is 16.8. The number of aromatic nitrogens is 1. The van der Waals surface area contributed by atoms with Crippen molar-refractivity contribution < 1.29 is 38.9 Å². The molecule has 1 aromatic carbocycles. The van der Waals surface area contributed by atoms with Gasteiger partial charge in [0.1, 0.15) is 6.10 Å². The molecule has 0 fully saturated rings. The molecule has 2 atom stereocenters. The SMILES string of the molecule is CC(C)(CO)[C@@H](O)C(=O)N(CCC(=O)NCCSP(=O)(O)O)C(=O)[C@H](N)Cc1c[nH]c2ccccc12. The number of fused-ring (bicyclic) bond motifs is 1. The molecule has 0 aliphatic heterocycles. The van der Waals surface area contributed by atoms with Crippen LogP contribution in [0.3, 0.4) is 0 Å². The highest BCUT2D eigenvalue weighted by Crippen LogP contribution is 2.49. The van der Waals surface area contributed by atoms with E-state index >= 15 is 0 Å². The van der Waals surface area contributed by atoms with Gasteiger partial charge in [-0.2, -0.15) is 0 Å². The quantitative estimate of drug-likeness (QED) is 0.134. The number of aliphatic hydroxyl groups excluding tert-OH is 2. The highest BCUT2D eigenvalue weighted by molar-refractivity contribution is 8.54. The summed E-state index contributed by atoms with van der Waals surface area (Å²) in [7, 11) is 0. The fourth-order valence-corrected chi connectivity index (χ4v) is 4.80. The Morgan fingerprint density at radius 3 is 2.53 bits per heavy atom. The van der Waals surface area contributed by atoms with Crippen molar-refractivity contribution in [2.45, 2.75) is 38.8 Å². The van der Waals surface area contributed by atoms with Gasteiger partial charge >= 0.3 is 6.80 Å². The molecule has 0 spiro atoms. The summed E-state index contributed by atoms with van der Waals surface area (Å²) in [6.07, 6.45) is -0.229. The summed E-state index contributed by atoms with van der Waals surface area (Å²) in [5.41, 5.74) is 6.52. The van der Waals surface area contributed by atoms with E-state index in [1.165, 1.54) is 13.8 Å². The highest BCUT2D eigenvalue weighted by Gasteiger charge is 2.39. The molecule has 0 unspecified atom stereocenters. The lowest BCUT2D eigenvalue weighted by Gasteiger charge is -2.32. The van der Waals surface area contributed by atoms with Crippen LogP contribution in [0.25, 0.3) is 10.9 Å². The Morgan fingerprint density at radius 1 is 1.22 bits per heavy atom. The molecule has 0 bridgehead atoms. The number of nitrogens with zero attached hydrogens (tertiary/aromatic N) is 1. The average Bonchev–Trinajstić information content (AvgIpc) is 3.23. The van der Waals surface area contributed by atoms with Gasteiger partial charge in [-0.3, -0.25) is 19.3 Å². The van der Waals surface area contributed by atoms with Crippen LogP contribution in [0.5, 0.6) is 0 Å². The molecule has 1 heterocycles. The van der Waals surface area contributed by atoms with E-state index in [-0.39, 0.29) is 31.7 Å². The molecule has 3 amide bonds. The fourth-order valence-electron chi connectivity index (χ4n) is 3.38. The predicted molar refractivity (Wildman–Crippen MR) is 136 cm³/mol. The van der Waals surface area contributed by atoms with E-state index in [9.17, 15) is 29.2 Å². The summed E-state index contributed by atoms with van der Waals surface area (Å²) in [4.78, 5) is 60.0. The third-order valence-electron chi connectivity index (χ3n) is 5.59. The molecule has 36 heavy (non-hydrogen) atoms. The third-order valence-corrected chi connectivity index (χ3v) is 7.87. The molecule has 12 nitrogen and oxygen atoms in total. The second-order valence-electron chi connectivity index (χ2n) is 8.97. The minimum absolute atomic E-state index is 0.0310.